The van der Waals surface area contributed by atoms with E-state index in [9.17, 15) is 13.6 Å². The van der Waals surface area contributed by atoms with Crippen LogP contribution in [0.5, 0.6) is 0 Å². The standard InChI is InChI=1S/C20H12BrF2N3O/c21-13-6-4-11(5-7-13)18-19(12-8-9-24-16(27)10-12)26-20(25-18)17-14(22)2-1-3-15(17)23/h1-10H,(H,24,27)(H,25,26). The van der Waals surface area contributed by atoms with Crippen LogP contribution in [0.2, 0.25) is 0 Å². The first kappa shape index (κ1) is 17.4. The van der Waals surface area contributed by atoms with E-state index >= 15 is 0 Å². The highest BCUT2D eigenvalue weighted by atomic mass is 79.9. The molecule has 0 fully saturated rings. The summed E-state index contributed by atoms with van der Waals surface area (Å²) in [7, 11) is 0. The van der Waals surface area contributed by atoms with Crippen molar-refractivity contribution in [2.45, 2.75) is 0 Å². The lowest BCUT2D eigenvalue weighted by molar-refractivity contribution is 0.588. The van der Waals surface area contributed by atoms with Crippen molar-refractivity contribution in [2.75, 3.05) is 0 Å². The number of nitrogens with one attached hydrogen (secondary N) is 2. The Morgan fingerprint density at radius 3 is 2.30 bits per heavy atom. The van der Waals surface area contributed by atoms with Crippen LogP contribution in [0.1, 0.15) is 0 Å². The van der Waals surface area contributed by atoms with Gasteiger partial charge in [-0.25, -0.2) is 13.8 Å². The molecule has 4 aromatic rings. The van der Waals surface area contributed by atoms with Gasteiger partial charge in [0, 0.05) is 27.9 Å². The molecule has 4 nitrogen and oxygen atoms in total. The van der Waals surface area contributed by atoms with Gasteiger partial charge in [-0.2, -0.15) is 0 Å². The van der Waals surface area contributed by atoms with E-state index in [0.29, 0.717) is 17.0 Å². The van der Waals surface area contributed by atoms with Crippen molar-refractivity contribution in [3.63, 3.8) is 0 Å². The predicted molar refractivity (Wildman–Crippen MR) is 103 cm³/mol. The minimum Gasteiger partial charge on any atom is -0.337 e. The van der Waals surface area contributed by atoms with Crippen molar-refractivity contribution >= 4 is 15.9 Å². The topological polar surface area (TPSA) is 61.5 Å². The quantitative estimate of drug-likeness (QED) is 0.475. The van der Waals surface area contributed by atoms with Crippen LogP contribution in [0.25, 0.3) is 33.9 Å². The smallest absolute Gasteiger partial charge is 0.248 e. The third-order valence-electron chi connectivity index (χ3n) is 4.08. The summed E-state index contributed by atoms with van der Waals surface area (Å²) in [5.41, 5.74) is 1.76. The summed E-state index contributed by atoms with van der Waals surface area (Å²) in [4.78, 5) is 21.7. The lowest BCUT2D eigenvalue weighted by Crippen LogP contribution is -2.02. The number of H-pyrrole nitrogens is 2. The fourth-order valence-corrected chi connectivity index (χ4v) is 3.11. The minimum atomic E-state index is -0.719. The van der Waals surface area contributed by atoms with Gasteiger partial charge in [-0.15, -0.1) is 0 Å². The largest absolute Gasteiger partial charge is 0.337 e. The van der Waals surface area contributed by atoms with Gasteiger partial charge in [0.25, 0.3) is 0 Å². The lowest BCUT2D eigenvalue weighted by Gasteiger charge is -2.03. The maximum atomic E-state index is 14.2. The molecule has 7 heteroatoms. The number of imidazole rings is 1. The maximum absolute atomic E-state index is 14.2. The van der Waals surface area contributed by atoms with Gasteiger partial charge in [0.2, 0.25) is 5.56 Å². The zero-order valence-electron chi connectivity index (χ0n) is 13.8. The normalized spacial score (nSPS) is 10.9. The fraction of sp³-hybridized carbons (Fsp3) is 0. The van der Waals surface area contributed by atoms with Crippen molar-refractivity contribution in [1.29, 1.82) is 0 Å². The van der Waals surface area contributed by atoms with E-state index in [-0.39, 0.29) is 16.9 Å². The Labute approximate surface area is 161 Å². The second kappa shape index (κ2) is 6.92. The first-order valence-electron chi connectivity index (χ1n) is 8.02. The number of hydrogen-bond acceptors (Lipinski definition) is 2. The molecule has 4 rings (SSSR count). The summed E-state index contributed by atoms with van der Waals surface area (Å²) in [5.74, 6) is -1.38. The van der Waals surface area contributed by atoms with Gasteiger partial charge < -0.3 is 9.97 Å². The van der Waals surface area contributed by atoms with E-state index in [1.165, 1.54) is 30.5 Å². The molecule has 2 aromatic carbocycles. The predicted octanol–water partition coefficient (Wildman–Crippen LogP) is 5.14. The van der Waals surface area contributed by atoms with Gasteiger partial charge in [0.15, 0.2) is 0 Å². The van der Waals surface area contributed by atoms with Crippen LogP contribution in [0.4, 0.5) is 8.78 Å². The van der Waals surface area contributed by atoms with E-state index in [1.807, 2.05) is 24.3 Å². The molecule has 0 radical (unpaired) electrons. The molecule has 0 saturated carbocycles. The number of aromatic amines is 2. The number of nitrogens with zero attached hydrogens (tertiary/aromatic N) is 1. The Morgan fingerprint density at radius 2 is 1.63 bits per heavy atom. The summed E-state index contributed by atoms with van der Waals surface area (Å²) in [5, 5.41) is 0. The molecule has 0 saturated heterocycles. The third kappa shape index (κ3) is 3.33. The number of benzene rings is 2. The zero-order chi connectivity index (χ0) is 19.0. The van der Waals surface area contributed by atoms with Crippen molar-refractivity contribution < 1.29 is 8.78 Å². The Kier molecular flexibility index (Phi) is 4.45. The molecule has 2 heterocycles. The molecule has 0 aliphatic heterocycles. The maximum Gasteiger partial charge on any atom is 0.248 e. The number of pyridine rings is 1. The number of hydrogen-bond donors (Lipinski definition) is 2. The minimum absolute atomic E-state index is 0.0544. The van der Waals surface area contributed by atoms with Gasteiger partial charge in [0.1, 0.15) is 17.5 Å². The molecular formula is C20H12BrF2N3O. The summed E-state index contributed by atoms with van der Waals surface area (Å²) in [6.45, 7) is 0. The molecule has 2 aromatic heterocycles. The van der Waals surface area contributed by atoms with Gasteiger partial charge in [-0.1, -0.05) is 34.1 Å². The fourth-order valence-electron chi connectivity index (χ4n) is 2.84. The number of rotatable bonds is 3. The van der Waals surface area contributed by atoms with Crippen molar-refractivity contribution in [3.05, 3.63) is 87.3 Å². The first-order valence-corrected chi connectivity index (χ1v) is 8.81. The Morgan fingerprint density at radius 1 is 0.926 bits per heavy atom. The van der Waals surface area contributed by atoms with Gasteiger partial charge in [-0.05, 0) is 30.3 Å². The van der Waals surface area contributed by atoms with Crippen molar-refractivity contribution in [1.82, 2.24) is 15.0 Å². The van der Waals surface area contributed by atoms with Gasteiger partial charge in [-0.3, -0.25) is 4.79 Å². The second-order valence-electron chi connectivity index (χ2n) is 5.85. The number of aromatic nitrogens is 3. The molecule has 2 N–H and O–H groups in total. The highest BCUT2D eigenvalue weighted by Gasteiger charge is 2.20. The molecular weight excluding hydrogens is 416 g/mol. The van der Waals surface area contributed by atoms with Crippen LogP contribution >= 0.6 is 15.9 Å². The van der Waals surface area contributed by atoms with E-state index in [2.05, 4.69) is 30.9 Å². The van der Waals surface area contributed by atoms with Crippen LogP contribution < -0.4 is 5.56 Å². The zero-order valence-corrected chi connectivity index (χ0v) is 15.3. The SMILES string of the molecule is O=c1cc(-c2nc(-c3c(F)cccc3F)[nH]c2-c2ccc(Br)cc2)cc[nH]1. The van der Waals surface area contributed by atoms with Crippen LogP contribution in [0.15, 0.2) is 70.1 Å². The summed E-state index contributed by atoms with van der Waals surface area (Å²) in [6.07, 6.45) is 1.50. The van der Waals surface area contributed by atoms with Crippen LogP contribution in [-0.4, -0.2) is 15.0 Å². The number of halogens is 3. The summed E-state index contributed by atoms with van der Waals surface area (Å²) in [6, 6.07) is 14.1. The molecule has 0 unspecified atom stereocenters. The Balaban J connectivity index is 1.97. The Hall–Kier alpha value is -3.06. The molecule has 27 heavy (non-hydrogen) atoms. The molecule has 0 amide bonds. The molecule has 0 aliphatic carbocycles. The van der Waals surface area contributed by atoms with E-state index in [0.717, 1.165) is 10.0 Å². The lowest BCUT2D eigenvalue weighted by atomic mass is 10.1. The van der Waals surface area contributed by atoms with Gasteiger partial charge in [0.05, 0.1) is 17.0 Å². The van der Waals surface area contributed by atoms with Gasteiger partial charge >= 0.3 is 0 Å². The van der Waals surface area contributed by atoms with Crippen LogP contribution in [0, 0.1) is 11.6 Å². The summed E-state index contributed by atoms with van der Waals surface area (Å²) >= 11 is 3.38. The summed E-state index contributed by atoms with van der Waals surface area (Å²) < 4.78 is 29.4. The first-order chi connectivity index (χ1) is 13.0. The second-order valence-corrected chi connectivity index (χ2v) is 6.77. The molecule has 134 valence electrons. The molecule has 0 spiro atoms. The Bertz CT molecular complexity index is 1160. The third-order valence-corrected chi connectivity index (χ3v) is 4.61. The van der Waals surface area contributed by atoms with Crippen molar-refractivity contribution in [2.24, 2.45) is 0 Å². The molecule has 0 atom stereocenters. The van der Waals surface area contributed by atoms with Crippen LogP contribution in [-0.2, 0) is 0 Å². The molecule has 0 aliphatic rings. The highest BCUT2D eigenvalue weighted by molar-refractivity contribution is 9.10. The van der Waals surface area contributed by atoms with E-state index in [4.69, 9.17) is 0 Å². The monoisotopic (exact) mass is 427 g/mol. The van der Waals surface area contributed by atoms with Crippen molar-refractivity contribution in [3.8, 4) is 33.9 Å². The van der Waals surface area contributed by atoms with E-state index < -0.39 is 11.6 Å². The molecule has 0 bridgehead atoms. The average Bonchev–Trinajstić information content (AvgIpc) is 3.07. The van der Waals surface area contributed by atoms with Crippen LogP contribution in [0.3, 0.4) is 0 Å². The average molecular weight is 428 g/mol. The van der Waals surface area contributed by atoms with E-state index in [1.54, 1.807) is 6.07 Å². The highest BCUT2D eigenvalue weighted by Crippen LogP contribution is 2.34.